The largest absolute Gasteiger partial charge is 0.394 e. The number of carbonyl (C=O) groups excluding carboxylic acids is 1. The van der Waals surface area contributed by atoms with Crippen LogP contribution in [0.15, 0.2) is 12.2 Å². The molecule has 0 aromatic rings. The Morgan fingerprint density at radius 1 is 0.479 bits per heavy atom. The predicted octanol–water partition coefficient (Wildman–Crippen LogP) is 13.5. The van der Waals surface area contributed by atoms with E-state index in [0.717, 1.165) is 25.7 Å². The fraction of sp³-hybridized carbons (Fsp3) is 0.932. The Morgan fingerprint density at radius 2 is 0.792 bits per heavy atom. The summed E-state index contributed by atoms with van der Waals surface area (Å²) in [5.74, 6) is -0.0379. The highest BCUT2D eigenvalue weighted by molar-refractivity contribution is 5.76. The van der Waals surface area contributed by atoms with E-state index in [4.69, 9.17) is 0 Å². The quantitative estimate of drug-likeness (QED) is 0.0446. The normalized spacial score (nSPS) is 13.0. The van der Waals surface area contributed by atoms with E-state index < -0.39 is 12.1 Å². The minimum absolute atomic E-state index is 0.0379. The first-order valence-electron chi connectivity index (χ1n) is 21.9. The molecule has 3 N–H and O–H groups in total. The highest BCUT2D eigenvalue weighted by Gasteiger charge is 2.20. The van der Waals surface area contributed by atoms with Crippen molar-refractivity contribution in [3.8, 4) is 0 Å². The van der Waals surface area contributed by atoms with Gasteiger partial charge >= 0.3 is 0 Å². The molecule has 0 aliphatic carbocycles. The van der Waals surface area contributed by atoms with Gasteiger partial charge < -0.3 is 15.5 Å². The molecule has 2 atom stereocenters. The lowest BCUT2D eigenvalue weighted by molar-refractivity contribution is -0.123. The Morgan fingerprint density at radius 3 is 1.15 bits per heavy atom. The van der Waals surface area contributed by atoms with Gasteiger partial charge in [-0.3, -0.25) is 4.79 Å². The molecule has 4 nitrogen and oxygen atoms in total. The van der Waals surface area contributed by atoms with E-state index in [1.54, 1.807) is 0 Å². The SMILES string of the molecule is CCCCCCC/C=C\CCCCCCCC(=O)NC(CO)C(O)CCCCCCCCCCCCCCCCCCCCCCCC. The minimum atomic E-state index is -0.659. The third-order valence-corrected chi connectivity index (χ3v) is 10.3. The summed E-state index contributed by atoms with van der Waals surface area (Å²) in [5, 5.41) is 23.2. The molecule has 2 unspecified atom stereocenters. The molecule has 0 spiro atoms. The number of rotatable bonds is 40. The number of nitrogens with one attached hydrogen (secondary N) is 1. The van der Waals surface area contributed by atoms with Gasteiger partial charge in [-0.05, 0) is 38.5 Å². The van der Waals surface area contributed by atoms with E-state index in [9.17, 15) is 15.0 Å². The monoisotopic (exact) mass is 678 g/mol. The number of unbranched alkanes of at least 4 members (excludes halogenated alkanes) is 31. The maximum atomic E-state index is 12.4. The maximum Gasteiger partial charge on any atom is 0.220 e. The Kier molecular flexibility index (Phi) is 39.8. The molecule has 0 fully saturated rings. The lowest BCUT2D eigenvalue weighted by Crippen LogP contribution is -2.45. The Labute approximate surface area is 301 Å². The van der Waals surface area contributed by atoms with Crippen molar-refractivity contribution in [2.75, 3.05) is 6.61 Å². The van der Waals surface area contributed by atoms with Crippen LogP contribution in [0.1, 0.15) is 245 Å². The van der Waals surface area contributed by atoms with Crippen molar-refractivity contribution in [2.24, 2.45) is 0 Å². The van der Waals surface area contributed by atoms with Crippen molar-refractivity contribution in [1.29, 1.82) is 0 Å². The highest BCUT2D eigenvalue weighted by Crippen LogP contribution is 2.16. The lowest BCUT2D eigenvalue weighted by Gasteiger charge is -2.22. The zero-order valence-electron chi connectivity index (χ0n) is 32.8. The Hall–Kier alpha value is -0.870. The van der Waals surface area contributed by atoms with E-state index in [2.05, 4.69) is 31.3 Å². The summed E-state index contributed by atoms with van der Waals surface area (Å²) >= 11 is 0. The first-order valence-corrected chi connectivity index (χ1v) is 21.9. The molecule has 0 rings (SSSR count). The molecular formula is C44H87NO3. The van der Waals surface area contributed by atoms with Gasteiger partial charge in [0.1, 0.15) is 0 Å². The molecule has 0 bridgehead atoms. The van der Waals surface area contributed by atoms with Gasteiger partial charge in [0.05, 0.1) is 18.8 Å². The number of carbonyl (C=O) groups is 1. The zero-order valence-corrected chi connectivity index (χ0v) is 32.8. The fourth-order valence-electron chi connectivity index (χ4n) is 6.89. The smallest absolute Gasteiger partial charge is 0.220 e. The van der Waals surface area contributed by atoms with Gasteiger partial charge in [0.15, 0.2) is 0 Å². The van der Waals surface area contributed by atoms with Crippen molar-refractivity contribution in [2.45, 2.75) is 257 Å². The molecule has 0 saturated heterocycles. The number of hydrogen-bond acceptors (Lipinski definition) is 3. The Balaban J connectivity index is 3.48. The molecule has 0 heterocycles. The van der Waals surface area contributed by atoms with Crippen molar-refractivity contribution in [3.63, 3.8) is 0 Å². The lowest BCUT2D eigenvalue weighted by atomic mass is 10.0. The van der Waals surface area contributed by atoms with Crippen LogP contribution in [0.2, 0.25) is 0 Å². The number of allylic oxidation sites excluding steroid dienone is 2. The van der Waals surface area contributed by atoms with Gasteiger partial charge in [0.2, 0.25) is 5.91 Å². The third-order valence-electron chi connectivity index (χ3n) is 10.3. The van der Waals surface area contributed by atoms with E-state index in [0.29, 0.717) is 12.8 Å². The molecular weight excluding hydrogens is 590 g/mol. The number of amides is 1. The standard InChI is InChI=1S/C44H87NO3/c1-3-5-7-9-11-13-15-17-19-20-21-22-23-24-25-26-27-29-31-33-35-37-39-43(47)42(41-46)45-44(48)40-38-36-34-32-30-28-18-16-14-12-10-8-6-4-2/h16,18,42-43,46-47H,3-15,17,19-41H2,1-2H3,(H,45,48)/b18-16-. The number of aliphatic hydroxyl groups excluding tert-OH is 2. The van der Waals surface area contributed by atoms with Crippen LogP contribution in [0.5, 0.6) is 0 Å². The molecule has 0 radical (unpaired) electrons. The second-order valence-electron chi connectivity index (χ2n) is 15.1. The van der Waals surface area contributed by atoms with Crippen LogP contribution >= 0.6 is 0 Å². The average Bonchev–Trinajstić information content (AvgIpc) is 3.09. The van der Waals surface area contributed by atoms with Crippen molar-refractivity contribution < 1.29 is 15.0 Å². The van der Waals surface area contributed by atoms with E-state index in [1.165, 1.54) is 193 Å². The van der Waals surface area contributed by atoms with Gasteiger partial charge in [0.25, 0.3) is 0 Å². The predicted molar refractivity (Wildman–Crippen MR) is 212 cm³/mol. The molecule has 1 amide bonds. The van der Waals surface area contributed by atoms with Crippen LogP contribution in [0.3, 0.4) is 0 Å². The molecule has 0 aromatic carbocycles. The minimum Gasteiger partial charge on any atom is -0.394 e. The molecule has 286 valence electrons. The fourth-order valence-corrected chi connectivity index (χ4v) is 6.89. The number of aliphatic hydroxyl groups is 2. The van der Waals surface area contributed by atoms with Gasteiger partial charge in [-0.15, -0.1) is 0 Å². The van der Waals surface area contributed by atoms with Crippen molar-refractivity contribution >= 4 is 5.91 Å². The second kappa shape index (κ2) is 40.6. The number of hydrogen-bond donors (Lipinski definition) is 3. The summed E-state index contributed by atoms with van der Waals surface area (Å²) in [6.45, 7) is 4.36. The molecule has 48 heavy (non-hydrogen) atoms. The first kappa shape index (κ1) is 47.1. The molecule has 4 heteroatoms. The van der Waals surface area contributed by atoms with Crippen LogP contribution in [0.4, 0.5) is 0 Å². The van der Waals surface area contributed by atoms with Crippen molar-refractivity contribution in [1.82, 2.24) is 5.32 Å². The van der Waals surface area contributed by atoms with Crippen molar-refractivity contribution in [3.05, 3.63) is 12.2 Å². The molecule has 0 saturated carbocycles. The summed E-state index contributed by atoms with van der Waals surface area (Å²) in [7, 11) is 0. The summed E-state index contributed by atoms with van der Waals surface area (Å²) in [5.41, 5.74) is 0. The van der Waals surface area contributed by atoms with Gasteiger partial charge in [-0.1, -0.05) is 212 Å². The Bertz CT molecular complexity index is 651. The van der Waals surface area contributed by atoms with Crippen LogP contribution in [-0.2, 0) is 4.79 Å². The highest BCUT2D eigenvalue weighted by atomic mass is 16.3. The van der Waals surface area contributed by atoms with Gasteiger partial charge in [0, 0.05) is 6.42 Å². The van der Waals surface area contributed by atoms with Crippen LogP contribution in [0, 0.1) is 0 Å². The van der Waals surface area contributed by atoms with E-state index in [1.807, 2.05) is 0 Å². The summed E-state index contributed by atoms with van der Waals surface area (Å²) < 4.78 is 0. The van der Waals surface area contributed by atoms with Crippen LogP contribution in [-0.4, -0.2) is 34.9 Å². The summed E-state index contributed by atoms with van der Waals surface area (Å²) in [6, 6.07) is -0.536. The van der Waals surface area contributed by atoms with E-state index in [-0.39, 0.29) is 12.5 Å². The molecule has 0 aliphatic rings. The molecule has 0 aliphatic heterocycles. The van der Waals surface area contributed by atoms with Gasteiger partial charge in [-0.25, -0.2) is 0 Å². The van der Waals surface area contributed by atoms with E-state index >= 15 is 0 Å². The summed E-state index contributed by atoms with van der Waals surface area (Å²) in [4.78, 5) is 12.4. The third kappa shape index (κ3) is 36.4. The second-order valence-corrected chi connectivity index (χ2v) is 15.1. The van der Waals surface area contributed by atoms with Gasteiger partial charge in [-0.2, -0.15) is 0 Å². The zero-order chi connectivity index (χ0) is 35.0. The average molecular weight is 678 g/mol. The molecule has 0 aromatic heterocycles. The summed E-state index contributed by atoms with van der Waals surface area (Å²) in [6.07, 6.45) is 50.0. The van der Waals surface area contributed by atoms with Crippen LogP contribution < -0.4 is 5.32 Å². The van der Waals surface area contributed by atoms with Crippen LogP contribution in [0.25, 0.3) is 0 Å². The first-order chi connectivity index (χ1) is 23.7. The topological polar surface area (TPSA) is 69.6 Å². The maximum absolute atomic E-state index is 12.4.